The summed E-state index contributed by atoms with van der Waals surface area (Å²) in [7, 11) is 0. The minimum atomic E-state index is -1.76. The highest BCUT2D eigenvalue weighted by atomic mass is 19.1. The van der Waals surface area contributed by atoms with Crippen molar-refractivity contribution in [3.63, 3.8) is 0 Å². The standard InChI is InChI=1S/C26H29F3N4O2/c1-13-7-20(28)24(21(29)8-13)25-19(27)3-4-22(32-25)26(35)33-23-12-31-6-5-18(23)16-9-15(14(2)34)10-17(30)11-16/h3-7,12,14-17,21,34H,8-11,30H2,1-2H3,(H,33,35)/t14?,15-,16+,17-,21?/m0/s1. The first kappa shape index (κ1) is 25.1. The van der Waals surface area contributed by atoms with Gasteiger partial charge in [0.1, 0.15) is 29.2 Å². The summed E-state index contributed by atoms with van der Waals surface area (Å²) in [5.41, 5.74) is 6.80. The second-order valence-electron chi connectivity index (χ2n) is 9.53. The third-order valence-corrected chi connectivity index (χ3v) is 6.78. The Hall–Kier alpha value is -3.04. The number of hydrogen-bond acceptors (Lipinski definition) is 5. The summed E-state index contributed by atoms with van der Waals surface area (Å²) in [5, 5.41) is 12.9. The largest absolute Gasteiger partial charge is 0.393 e. The highest BCUT2D eigenvalue weighted by molar-refractivity contribution is 6.03. The molecule has 1 saturated carbocycles. The second-order valence-corrected chi connectivity index (χ2v) is 9.53. The van der Waals surface area contributed by atoms with Gasteiger partial charge in [-0.1, -0.05) is 5.57 Å². The lowest BCUT2D eigenvalue weighted by molar-refractivity contribution is 0.0886. The van der Waals surface area contributed by atoms with Gasteiger partial charge in [0.2, 0.25) is 0 Å². The molecule has 6 nitrogen and oxygen atoms in total. The number of allylic oxidation sites excluding steroid dienone is 4. The van der Waals surface area contributed by atoms with Gasteiger partial charge in [-0.15, -0.1) is 0 Å². The van der Waals surface area contributed by atoms with E-state index in [0.29, 0.717) is 24.1 Å². The minimum absolute atomic E-state index is 0.00259. The van der Waals surface area contributed by atoms with E-state index in [0.717, 1.165) is 24.1 Å². The number of anilines is 1. The first-order chi connectivity index (χ1) is 16.6. The molecular formula is C26H29F3N4O2. The normalized spacial score (nSPS) is 25.7. The number of rotatable bonds is 5. The van der Waals surface area contributed by atoms with E-state index in [1.807, 2.05) is 0 Å². The van der Waals surface area contributed by atoms with Crippen molar-refractivity contribution in [2.45, 2.75) is 63.8 Å². The number of alkyl halides is 1. The Labute approximate surface area is 202 Å². The van der Waals surface area contributed by atoms with Crippen LogP contribution < -0.4 is 11.1 Å². The van der Waals surface area contributed by atoms with Gasteiger partial charge in [-0.05, 0) is 74.8 Å². The van der Waals surface area contributed by atoms with Crippen LogP contribution in [0.15, 0.2) is 48.1 Å². The number of hydrogen-bond donors (Lipinski definition) is 3. The number of carbonyl (C=O) groups excluding carboxylic acids is 1. The Morgan fingerprint density at radius 2 is 2.00 bits per heavy atom. The summed E-state index contributed by atoms with van der Waals surface area (Å²) < 4.78 is 43.6. The number of halogens is 3. The Bertz CT molecular complexity index is 1180. The van der Waals surface area contributed by atoms with Crippen molar-refractivity contribution in [2.24, 2.45) is 11.7 Å². The van der Waals surface area contributed by atoms with Gasteiger partial charge in [0.05, 0.1) is 23.6 Å². The van der Waals surface area contributed by atoms with E-state index in [2.05, 4.69) is 15.3 Å². The van der Waals surface area contributed by atoms with Crippen molar-refractivity contribution in [3.8, 4) is 0 Å². The molecule has 0 aliphatic heterocycles. The van der Waals surface area contributed by atoms with Crippen LogP contribution in [0.2, 0.25) is 0 Å². The number of nitrogens with two attached hydrogens (primary N) is 1. The van der Waals surface area contributed by atoms with Crippen LogP contribution in [0.5, 0.6) is 0 Å². The van der Waals surface area contributed by atoms with Gasteiger partial charge < -0.3 is 16.2 Å². The average Bonchev–Trinajstić information content (AvgIpc) is 2.79. The smallest absolute Gasteiger partial charge is 0.274 e. The lowest BCUT2D eigenvalue weighted by Gasteiger charge is -2.35. The molecule has 0 spiro atoms. The lowest BCUT2D eigenvalue weighted by Crippen LogP contribution is -2.36. The zero-order valence-electron chi connectivity index (χ0n) is 19.6. The maximum Gasteiger partial charge on any atom is 0.274 e. The molecular weight excluding hydrogens is 457 g/mol. The summed E-state index contributed by atoms with van der Waals surface area (Å²) in [6, 6.07) is 3.86. The lowest BCUT2D eigenvalue weighted by atomic mass is 9.74. The quantitative estimate of drug-likeness (QED) is 0.562. The molecule has 2 aliphatic rings. The molecule has 9 heteroatoms. The first-order valence-electron chi connectivity index (χ1n) is 11.7. The van der Waals surface area contributed by atoms with Crippen molar-refractivity contribution in [2.75, 3.05) is 5.32 Å². The van der Waals surface area contributed by atoms with Crippen molar-refractivity contribution in [3.05, 3.63) is 70.8 Å². The van der Waals surface area contributed by atoms with Gasteiger partial charge in [-0.3, -0.25) is 9.78 Å². The Morgan fingerprint density at radius 3 is 2.71 bits per heavy atom. The molecule has 1 fully saturated rings. The first-order valence-corrected chi connectivity index (χ1v) is 11.7. The summed E-state index contributed by atoms with van der Waals surface area (Å²) in [6.07, 6.45) is 4.05. The van der Waals surface area contributed by atoms with Crippen molar-refractivity contribution in [1.82, 2.24) is 9.97 Å². The molecule has 0 saturated heterocycles. The second kappa shape index (κ2) is 10.3. The Morgan fingerprint density at radius 1 is 1.23 bits per heavy atom. The summed E-state index contributed by atoms with van der Waals surface area (Å²) in [5.74, 6) is -2.44. The molecule has 2 aromatic rings. The summed E-state index contributed by atoms with van der Waals surface area (Å²) in [4.78, 5) is 21.1. The van der Waals surface area contributed by atoms with Gasteiger partial charge in [-0.25, -0.2) is 18.2 Å². The number of carbonyl (C=O) groups is 1. The number of aromatic nitrogens is 2. The van der Waals surface area contributed by atoms with Gasteiger partial charge >= 0.3 is 0 Å². The third kappa shape index (κ3) is 5.46. The topological polar surface area (TPSA) is 101 Å². The number of nitrogens with one attached hydrogen (secondary N) is 1. The number of aliphatic hydroxyl groups excluding tert-OH is 1. The number of amides is 1. The molecule has 2 aliphatic carbocycles. The van der Waals surface area contributed by atoms with E-state index < -0.39 is 41.1 Å². The van der Waals surface area contributed by atoms with Crippen LogP contribution in [-0.4, -0.2) is 39.3 Å². The predicted octanol–water partition coefficient (Wildman–Crippen LogP) is 4.83. The molecule has 5 atom stereocenters. The van der Waals surface area contributed by atoms with Gasteiger partial charge in [-0.2, -0.15) is 0 Å². The average molecular weight is 487 g/mol. The Balaban J connectivity index is 1.61. The predicted molar refractivity (Wildman–Crippen MR) is 127 cm³/mol. The fraction of sp³-hybridized carbons (Fsp3) is 0.423. The summed E-state index contributed by atoms with van der Waals surface area (Å²) in [6.45, 7) is 3.33. The van der Waals surface area contributed by atoms with Crippen LogP contribution in [0.4, 0.5) is 18.9 Å². The molecule has 4 rings (SSSR count). The number of nitrogens with zero attached hydrogens (tertiary/aromatic N) is 2. The molecule has 2 aromatic heterocycles. The van der Waals surface area contributed by atoms with Crippen LogP contribution in [0.3, 0.4) is 0 Å². The van der Waals surface area contributed by atoms with Crippen LogP contribution >= 0.6 is 0 Å². The van der Waals surface area contributed by atoms with Crippen molar-refractivity contribution in [1.29, 1.82) is 0 Å². The van der Waals surface area contributed by atoms with Gasteiger partial charge in [0.25, 0.3) is 5.91 Å². The van der Waals surface area contributed by atoms with E-state index >= 15 is 0 Å². The fourth-order valence-electron chi connectivity index (χ4n) is 5.01. The molecule has 35 heavy (non-hydrogen) atoms. The maximum absolute atomic E-state index is 14.6. The molecule has 1 amide bonds. The van der Waals surface area contributed by atoms with Crippen LogP contribution in [0, 0.1) is 11.7 Å². The molecule has 0 bridgehead atoms. The van der Waals surface area contributed by atoms with Crippen molar-refractivity contribution < 1.29 is 23.1 Å². The fourth-order valence-corrected chi connectivity index (χ4v) is 5.01. The highest BCUT2D eigenvalue weighted by Gasteiger charge is 2.32. The molecule has 2 heterocycles. The van der Waals surface area contributed by atoms with Gasteiger partial charge in [0, 0.05) is 18.7 Å². The minimum Gasteiger partial charge on any atom is -0.393 e. The molecule has 0 radical (unpaired) electrons. The monoisotopic (exact) mass is 486 g/mol. The van der Waals surface area contributed by atoms with Crippen LogP contribution in [-0.2, 0) is 0 Å². The molecule has 2 unspecified atom stereocenters. The molecule has 4 N–H and O–H groups in total. The zero-order chi connectivity index (χ0) is 25.3. The number of pyridine rings is 2. The molecule has 186 valence electrons. The number of aliphatic hydroxyl groups is 1. The highest BCUT2D eigenvalue weighted by Crippen LogP contribution is 2.40. The van der Waals surface area contributed by atoms with E-state index in [9.17, 15) is 23.1 Å². The Kier molecular flexibility index (Phi) is 7.37. The van der Waals surface area contributed by atoms with Crippen LogP contribution in [0.25, 0.3) is 5.57 Å². The van der Waals surface area contributed by atoms with E-state index in [4.69, 9.17) is 5.73 Å². The van der Waals surface area contributed by atoms with E-state index in [-0.39, 0.29) is 30.0 Å². The zero-order valence-corrected chi connectivity index (χ0v) is 19.6. The van der Waals surface area contributed by atoms with E-state index in [1.54, 1.807) is 26.1 Å². The van der Waals surface area contributed by atoms with Gasteiger partial charge in [0.15, 0.2) is 0 Å². The SMILES string of the molecule is CC1=CC(F)=C(c2nc(C(=O)Nc3cnccc3[C@H]3C[C@@H](N)C[C@@H](C(C)O)C3)ccc2F)C(F)C1. The van der Waals surface area contributed by atoms with Crippen LogP contribution in [0.1, 0.15) is 67.2 Å². The maximum atomic E-state index is 14.6. The molecule has 0 aromatic carbocycles. The third-order valence-electron chi connectivity index (χ3n) is 6.78. The summed E-state index contributed by atoms with van der Waals surface area (Å²) >= 11 is 0. The van der Waals surface area contributed by atoms with E-state index in [1.165, 1.54) is 12.3 Å². The van der Waals surface area contributed by atoms with Crippen molar-refractivity contribution >= 4 is 17.2 Å².